The molecule has 0 radical (unpaired) electrons. The van der Waals surface area contributed by atoms with E-state index >= 15 is 0 Å². The van der Waals surface area contributed by atoms with Gasteiger partial charge in [0, 0.05) is 6.54 Å². The molecular formula is C16H25N. The monoisotopic (exact) mass is 231 g/mol. The van der Waals surface area contributed by atoms with E-state index in [9.17, 15) is 0 Å². The Hall–Kier alpha value is -0.820. The van der Waals surface area contributed by atoms with Gasteiger partial charge in [-0.3, -0.25) is 0 Å². The highest BCUT2D eigenvalue weighted by molar-refractivity contribution is 5.27. The lowest BCUT2D eigenvalue weighted by Crippen LogP contribution is -2.17. The van der Waals surface area contributed by atoms with Crippen LogP contribution in [-0.2, 0) is 13.0 Å². The number of hydrogen-bond acceptors (Lipinski definition) is 1. The zero-order valence-corrected chi connectivity index (χ0v) is 11.2. The zero-order valence-electron chi connectivity index (χ0n) is 11.2. The van der Waals surface area contributed by atoms with Gasteiger partial charge in [0.1, 0.15) is 0 Å². The van der Waals surface area contributed by atoms with Crippen LogP contribution in [0.15, 0.2) is 24.3 Å². The molecule has 0 aliphatic heterocycles. The SMILES string of the molecule is CC(C)CCc1ccccc1CNCC1CC1. The number of nitrogens with one attached hydrogen (secondary N) is 1. The molecule has 0 amide bonds. The molecule has 0 spiro atoms. The number of hydrogen-bond donors (Lipinski definition) is 1. The third kappa shape index (κ3) is 4.51. The van der Waals surface area contributed by atoms with Crippen molar-refractivity contribution in [1.29, 1.82) is 0 Å². The van der Waals surface area contributed by atoms with Gasteiger partial charge in [0.25, 0.3) is 0 Å². The number of benzene rings is 1. The van der Waals surface area contributed by atoms with Crippen LogP contribution in [-0.4, -0.2) is 6.54 Å². The van der Waals surface area contributed by atoms with E-state index in [1.54, 1.807) is 0 Å². The highest BCUT2D eigenvalue weighted by Crippen LogP contribution is 2.27. The Balaban J connectivity index is 1.84. The Labute approximate surface area is 106 Å². The zero-order chi connectivity index (χ0) is 12.1. The van der Waals surface area contributed by atoms with E-state index in [0.717, 1.165) is 18.4 Å². The second-order valence-electron chi connectivity index (χ2n) is 5.78. The number of rotatable bonds is 7. The third-order valence-electron chi connectivity index (χ3n) is 3.55. The van der Waals surface area contributed by atoms with Gasteiger partial charge in [0.15, 0.2) is 0 Å². The van der Waals surface area contributed by atoms with Gasteiger partial charge < -0.3 is 5.32 Å². The van der Waals surface area contributed by atoms with Crippen LogP contribution < -0.4 is 5.32 Å². The Kier molecular flexibility index (Phi) is 4.61. The van der Waals surface area contributed by atoms with Crippen LogP contribution in [0, 0.1) is 11.8 Å². The van der Waals surface area contributed by atoms with Crippen molar-refractivity contribution in [2.24, 2.45) is 11.8 Å². The molecule has 1 heteroatoms. The topological polar surface area (TPSA) is 12.0 Å². The summed E-state index contributed by atoms with van der Waals surface area (Å²) >= 11 is 0. The van der Waals surface area contributed by atoms with Crippen LogP contribution in [0.2, 0.25) is 0 Å². The predicted molar refractivity (Wildman–Crippen MR) is 74.0 cm³/mol. The first-order valence-electron chi connectivity index (χ1n) is 7.03. The van der Waals surface area contributed by atoms with E-state index < -0.39 is 0 Å². The van der Waals surface area contributed by atoms with Crippen molar-refractivity contribution in [3.63, 3.8) is 0 Å². The molecule has 1 aromatic rings. The van der Waals surface area contributed by atoms with Crippen molar-refractivity contribution in [1.82, 2.24) is 5.32 Å². The summed E-state index contributed by atoms with van der Waals surface area (Å²) in [4.78, 5) is 0. The summed E-state index contributed by atoms with van der Waals surface area (Å²) in [6, 6.07) is 8.89. The molecule has 1 nitrogen and oxygen atoms in total. The second kappa shape index (κ2) is 6.20. The largest absolute Gasteiger partial charge is 0.312 e. The lowest BCUT2D eigenvalue weighted by Gasteiger charge is -2.11. The number of aryl methyl sites for hydroxylation is 1. The average Bonchev–Trinajstić information content (AvgIpc) is 3.12. The highest BCUT2D eigenvalue weighted by atomic mass is 14.9. The fourth-order valence-corrected chi connectivity index (χ4v) is 2.15. The molecule has 1 aliphatic rings. The van der Waals surface area contributed by atoms with Gasteiger partial charge >= 0.3 is 0 Å². The lowest BCUT2D eigenvalue weighted by molar-refractivity contribution is 0.580. The van der Waals surface area contributed by atoms with Gasteiger partial charge in [-0.1, -0.05) is 38.1 Å². The maximum Gasteiger partial charge on any atom is 0.0208 e. The van der Waals surface area contributed by atoms with Gasteiger partial charge in [-0.2, -0.15) is 0 Å². The normalized spacial score (nSPS) is 15.5. The van der Waals surface area contributed by atoms with Crippen molar-refractivity contribution >= 4 is 0 Å². The van der Waals surface area contributed by atoms with Crippen molar-refractivity contribution in [3.05, 3.63) is 35.4 Å². The van der Waals surface area contributed by atoms with E-state index in [2.05, 4.69) is 43.4 Å². The summed E-state index contributed by atoms with van der Waals surface area (Å²) in [7, 11) is 0. The summed E-state index contributed by atoms with van der Waals surface area (Å²) in [6.07, 6.45) is 5.38. The maximum atomic E-state index is 3.59. The molecular weight excluding hydrogens is 206 g/mol. The van der Waals surface area contributed by atoms with Crippen LogP contribution in [0.3, 0.4) is 0 Å². The minimum atomic E-state index is 0.794. The first-order chi connectivity index (χ1) is 8.25. The average molecular weight is 231 g/mol. The van der Waals surface area contributed by atoms with Crippen molar-refractivity contribution in [2.45, 2.75) is 46.1 Å². The first-order valence-corrected chi connectivity index (χ1v) is 7.03. The first kappa shape index (κ1) is 12.6. The second-order valence-corrected chi connectivity index (χ2v) is 5.78. The molecule has 1 N–H and O–H groups in total. The summed E-state index contributed by atoms with van der Waals surface area (Å²) in [6.45, 7) is 6.85. The summed E-state index contributed by atoms with van der Waals surface area (Å²) < 4.78 is 0. The minimum Gasteiger partial charge on any atom is -0.312 e. The highest BCUT2D eigenvalue weighted by Gasteiger charge is 2.20. The smallest absolute Gasteiger partial charge is 0.0208 e. The molecule has 1 aromatic carbocycles. The molecule has 0 heterocycles. The molecule has 0 aromatic heterocycles. The van der Waals surface area contributed by atoms with Crippen LogP contribution in [0.1, 0.15) is 44.2 Å². The molecule has 1 fully saturated rings. The molecule has 1 aliphatic carbocycles. The van der Waals surface area contributed by atoms with E-state index in [4.69, 9.17) is 0 Å². The molecule has 0 atom stereocenters. The third-order valence-corrected chi connectivity index (χ3v) is 3.55. The minimum absolute atomic E-state index is 0.794. The lowest BCUT2D eigenvalue weighted by atomic mass is 9.98. The molecule has 2 rings (SSSR count). The molecule has 94 valence electrons. The molecule has 1 saturated carbocycles. The van der Waals surface area contributed by atoms with Crippen LogP contribution in [0.4, 0.5) is 0 Å². The standard InChI is InChI=1S/C16H25N/c1-13(2)7-10-15-5-3-4-6-16(15)12-17-11-14-8-9-14/h3-6,13-14,17H,7-12H2,1-2H3. The van der Waals surface area contributed by atoms with Crippen LogP contribution >= 0.6 is 0 Å². The van der Waals surface area contributed by atoms with Crippen molar-refractivity contribution < 1.29 is 0 Å². The van der Waals surface area contributed by atoms with Crippen LogP contribution in [0.5, 0.6) is 0 Å². The van der Waals surface area contributed by atoms with Crippen molar-refractivity contribution in [2.75, 3.05) is 6.54 Å². The van der Waals surface area contributed by atoms with Gasteiger partial charge in [0.2, 0.25) is 0 Å². The Morgan fingerprint density at radius 3 is 2.53 bits per heavy atom. The van der Waals surface area contributed by atoms with Gasteiger partial charge in [-0.25, -0.2) is 0 Å². The fraction of sp³-hybridized carbons (Fsp3) is 0.625. The van der Waals surface area contributed by atoms with Crippen LogP contribution in [0.25, 0.3) is 0 Å². The van der Waals surface area contributed by atoms with E-state index in [0.29, 0.717) is 0 Å². The summed E-state index contributed by atoms with van der Waals surface area (Å²) in [5.41, 5.74) is 3.03. The van der Waals surface area contributed by atoms with E-state index in [-0.39, 0.29) is 0 Å². The Bertz CT molecular complexity index is 339. The summed E-state index contributed by atoms with van der Waals surface area (Å²) in [5, 5.41) is 3.59. The molecule has 0 saturated heterocycles. The van der Waals surface area contributed by atoms with E-state index in [1.165, 1.54) is 43.4 Å². The molecule has 17 heavy (non-hydrogen) atoms. The van der Waals surface area contributed by atoms with Gasteiger partial charge in [0.05, 0.1) is 0 Å². The Morgan fingerprint density at radius 2 is 1.88 bits per heavy atom. The fourth-order valence-electron chi connectivity index (χ4n) is 2.15. The molecule has 0 bridgehead atoms. The predicted octanol–water partition coefficient (Wildman–Crippen LogP) is 3.77. The van der Waals surface area contributed by atoms with Gasteiger partial charge in [-0.15, -0.1) is 0 Å². The summed E-state index contributed by atoms with van der Waals surface area (Å²) in [5.74, 6) is 1.76. The van der Waals surface area contributed by atoms with E-state index in [1.807, 2.05) is 0 Å². The molecule has 0 unspecified atom stereocenters. The van der Waals surface area contributed by atoms with Crippen molar-refractivity contribution in [3.8, 4) is 0 Å². The maximum absolute atomic E-state index is 3.59. The van der Waals surface area contributed by atoms with Gasteiger partial charge in [-0.05, 0) is 55.2 Å². The Morgan fingerprint density at radius 1 is 1.18 bits per heavy atom. The quantitative estimate of drug-likeness (QED) is 0.753.